The number of rotatable bonds is 8. The molecule has 0 spiro atoms. The maximum atomic E-state index is 15.4. The summed E-state index contributed by atoms with van der Waals surface area (Å²) >= 11 is 0. The van der Waals surface area contributed by atoms with E-state index >= 15 is 4.39 Å². The summed E-state index contributed by atoms with van der Waals surface area (Å²) in [5.41, 5.74) is -5.34. The third kappa shape index (κ3) is 5.60. The van der Waals surface area contributed by atoms with E-state index in [9.17, 15) is 40.5 Å². The zero-order chi connectivity index (χ0) is 27.8. The molecule has 2 aromatic rings. The highest BCUT2D eigenvalue weighted by Crippen LogP contribution is 2.46. The van der Waals surface area contributed by atoms with Crippen LogP contribution in [0.2, 0.25) is 0 Å². The topological polar surface area (TPSA) is 76.1 Å². The van der Waals surface area contributed by atoms with Crippen molar-refractivity contribution in [1.82, 2.24) is 0 Å². The number of nitrogens with zero attached hydrogens (tertiary/aromatic N) is 1. The van der Waals surface area contributed by atoms with Gasteiger partial charge in [-0.1, -0.05) is 0 Å². The SMILES string of the molecule is O=C(O)C1(COc2cc3c(cc2C(F)(F)F)N(c2ccc(F)cc2)CC(CCC(F)F)C(F)S3=O)COC1. The number of benzene rings is 2. The third-order valence-electron chi connectivity index (χ3n) is 6.47. The van der Waals surface area contributed by atoms with Crippen LogP contribution >= 0.6 is 0 Å². The zero-order valence-corrected chi connectivity index (χ0v) is 20.3. The number of carboxylic acids is 1. The second kappa shape index (κ2) is 10.7. The minimum Gasteiger partial charge on any atom is -0.492 e. The van der Waals surface area contributed by atoms with Gasteiger partial charge in [-0.05, 0) is 42.8 Å². The number of carboxylic acid groups (broad SMARTS) is 1. The van der Waals surface area contributed by atoms with Crippen molar-refractivity contribution < 1.29 is 54.3 Å². The number of alkyl halides is 6. The van der Waals surface area contributed by atoms with E-state index in [1.165, 1.54) is 17.0 Å². The monoisotopic (exact) mass is 569 g/mol. The lowest BCUT2D eigenvalue weighted by atomic mass is 9.87. The molecule has 2 aliphatic heterocycles. The Hall–Kier alpha value is -2.87. The van der Waals surface area contributed by atoms with Crippen LogP contribution in [0.25, 0.3) is 0 Å². The number of fused-ring (bicyclic) bond motifs is 1. The van der Waals surface area contributed by atoms with Gasteiger partial charge in [-0.25, -0.2) is 17.6 Å². The van der Waals surface area contributed by atoms with Gasteiger partial charge in [0.25, 0.3) is 0 Å². The predicted molar refractivity (Wildman–Crippen MR) is 121 cm³/mol. The van der Waals surface area contributed by atoms with Gasteiger partial charge in [0.15, 0.2) is 5.50 Å². The fraction of sp³-hybridized carbons (Fsp3) is 0.458. The van der Waals surface area contributed by atoms with E-state index in [4.69, 9.17) is 9.47 Å². The molecular formula is C24H22F7NO5S. The first-order chi connectivity index (χ1) is 17.8. The van der Waals surface area contributed by atoms with E-state index in [-0.39, 0.29) is 24.6 Å². The first-order valence-corrected chi connectivity index (χ1v) is 12.6. The van der Waals surface area contributed by atoms with E-state index in [1.54, 1.807) is 0 Å². The van der Waals surface area contributed by atoms with Crippen molar-refractivity contribution in [2.45, 2.75) is 35.8 Å². The summed E-state index contributed by atoms with van der Waals surface area (Å²) in [5.74, 6) is -4.13. The number of hydrogen-bond donors (Lipinski definition) is 1. The van der Waals surface area contributed by atoms with Crippen molar-refractivity contribution in [2.24, 2.45) is 11.3 Å². The van der Waals surface area contributed by atoms with Crippen molar-refractivity contribution in [1.29, 1.82) is 0 Å². The van der Waals surface area contributed by atoms with Crippen LogP contribution in [0.3, 0.4) is 0 Å². The van der Waals surface area contributed by atoms with Crippen LogP contribution in [-0.4, -0.2) is 53.6 Å². The molecule has 0 aliphatic carbocycles. The smallest absolute Gasteiger partial charge is 0.420 e. The van der Waals surface area contributed by atoms with Crippen molar-refractivity contribution in [3.8, 4) is 5.75 Å². The van der Waals surface area contributed by atoms with Crippen LogP contribution < -0.4 is 9.64 Å². The fourth-order valence-electron chi connectivity index (χ4n) is 4.24. The summed E-state index contributed by atoms with van der Waals surface area (Å²) in [6, 6.07) is 5.81. The molecule has 38 heavy (non-hydrogen) atoms. The Bertz CT molecular complexity index is 1200. The highest BCUT2D eigenvalue weighted by atomic mass is 32.2. The van der Waals surface area contributed by atoms with Gasteiger partial charge in [0.2, 0.25) is 6.43 Å². The molecule has 1 N–H and O–H groups in total. The van der Waals surface area contributed by atoms with Crippen LogP contribution in [0.15, 0.2) is 41.3 Å². The van der Waals surface area contributed by atoms with Crippen LogP contribution in [0.4, 0.5) is 42.1 Å². The Kier molecular flexibility index (Phi) is 7.94. The largest absolute Gasteiger partial charge is 0.492 e. The summed E-state index contributed by atoms with van der Waals surface area (Å²) in [5, 5.41) is 9.43. The molecule has 2 aromatic carbocycles. The first kappa shape index (κ1) is 28.1. The lowest BCUT2D eigenvalue weighted by Crippen LogP contribution is -2.53. The zero-order valence-electron chi connectivity index (χ0n) is 19.5. The molecule has 3 atom stereocenters. The highest BCUT2D eigenvalue weighted by molar-refractivity contribution is 7.85. The van der Waals surface area contributed by atoms with Gasteiger partial charge in [0.05, 0.1) is 40.2 Å². The number of halogens is 7. The van der Waals surface area contributed by atoms with Gasteiger partial charge in [-0.3, -0.25) is 9.00 Å². The molecule has 1 saturated heterocycles. The Morgan fingerprint density at radius 2 is 1.87 bits per heavy atom. The van der Waals surface area contributed by atoms with Crippen molar-refractivity contribution in [3.05, 3.63) is 47.8 Å². The molecular weight excluding hydrogens is 547 g/mol. The standard InChI is InChI=1S/C24H22F7NO5S/c25-14-2-4-15(5-3-14)32-9-13(1-6-20(26)27)21(28)38(35)19-8-18(16(7-17(19)32)24(29,30)31)37-12-23(22(33)34)10-36-11-23/h2-5,7-8,13,20-21H,1,6,9-12H2,(H,33,34). The van der Waals surface area contributed by atoms with Gasteiger partial charge in [0.1, 0.15) is 23.6 Å². The maximum Gasteiger partial charge on any atom is 0.420 e. The Morgan fingerprint density at radius 3 is 2.39 bits per heavy atom. The summed E-state index contributed by atoms with van der Waals surface area (Å²) in [6.07, 6.45) is -8.94. The normalized spacial score (nSPS) is 22.9. The second-order valence-electron chi connectivity index (χ2n) is 9.14. The first-order valence-electron chi connectivity index (χ1n) is 11.4. The van der Waals surface area contributed by atoms with Crippen LogP contribution in [-0.2, 0) is 26.5 Å². The quantitative estimate of drug-likeness (QED) is 0.421. The van der Waals surface area contributed by atoms with Crippen LogP contribution in [0, 0.1) is 17.2 Å². The van der Waals surface area contributed by atoms with Crippen molar-refractivity contribution >= 4 is 28.1 Å². The Labute approximate surface area is 214 Å². The average molecular weight is 569 g/mol. The molecule has 6 nitrogen and oxygen atoms in total. The van der Waals surface area contributed by atoms with Gasteiger partial charge >= 0.3 is 12.1 Å². The Morgan fingerprint density at radius 1 is 1.21 bits per heavy atom. The molecule has 1 fully saturated rings. The second-order valence-corrected chi connectivity index (χ2v) is 10.6. The highest BCUT2D eigenvalue weighted by Gasteiger charge is 2.48. The molecule has 3 unspecified atom stereocenters. The van der Waals surface area contributed by atoms with Gasteiger partial charge < -0.3 is 19.5 Å². The van der Waals surface area contributed by atoms with E-state index < -0.39 is 94.2 Å². The molecule has 208 valence electrons. The van der Waals surface area contributed by atoms with Crippen LogP contribution in [0.5, 0.6) is 5.75 Å². The number of aliphatic carboxylic acids is 1. The van der Waals surface area contributed by atoms with E-state index in [0.29, 0.717) is 6.07 Å². The molecule has 0 radical (unpaired) electrons. The molecule has 0 bridgehead atoms. The van der Waals surface area contributed by atoms with Gasteiger partial charge in [-0.2, -0.15) is 13.2 Å². The predicted octanol–water partition coefficient (Wildman–Crippen LogP) is 5.54. The number of carbonyl (C=O) groups is 1. The molecule has 0 saturated carbocycles. The molecule has 4 rings (SSSR count). The Balaban J connectivity index is 1.83. The fourth-order valence-corrected chi connectivity index (χ4v) is 5.65. The van der Waals surface area contributed by atoms with Crippen LogP contribution in [0.1, 0.15) is 18.4 Å². The lowest BCUT2D eigenvalue weighted by molar-refractivity contribution is -0.185. The van der Waals surface area contributed by atoms with E-state index in [1.807, 2.05) is 0 Å². The number of hydrogen-bond acceptors (Lipinski definition) is 5. The van der Waals surface area contributed by atoms with Crippen molar-refractivity contribution in [2.75, 3.05) is 31.3 Å². The minimum atomic E-state index is -5.02. The maximum absolute atomic E-state index is 15.4. The minimum absolute atomic E-state index is 0.124. The molecule has 0 aromatic heterocycles. The van der Waals surface area contributed by atoms with Gasteiger partial charge in [0, 0.05) is 24.6 Å². The molecule has 2 heterocycles. The van der Waals surface area contributed by atoms with Gasteiger partial charge in [-0.15, -0.1) is 0 Å². The number of anilines is 2. The summed E-state index contributed by atoms with van der Waals surface area (Å²) in [6.45, 7) is -1.70. The van der Waals surface area contributed by atoms with E-state index in [0.717, 1.165) is 18.2 Å². The summed E-state index contributed by atoms with van der Waals surface area (Å²) in [7, 11) is -2.60. The third-order valence-corrected chi connectivity index (χ3v) is 8.03. The van der Waals surface area contributed by atoms with E-state index in [2.05, 4.69) is 0 Å². The summed E-state index contributed by atoms with van der Waals surface area (Å²) in [4.78, 5) is 12.4. The lowest BCUT2D eigenvalue weighted by Gasteiger charge is -2.37. The molecule has 14 heteroatoms. The summed E-state index contributed by atoms with van der Waals surface area (Å²) < 4.78 is 121. The average Bonchev–Trinajstić information content (AvgIpc) is 2.91. The van der Waals surface area contributed by atoms with Crippen molar-refractivity contribution in [3.63, 3.8) is 0 Å². The number of ether oxygens (including phenoxy) is 2. The molecule has 0 amide bonds. The molecule has 2 aliphatic rings.